The van der Waals surface area contributed by atoms with Gasteiger partial charge in [0.2, 0.25) is 0 Å². The van der Waals surface area contributed by atoms with Gasteiger partial charge >= 0.3 is 5.97 Å². The minimum atomic E-state index is -0.315. The summed E-state index contributed by atoms with van der Waals surface area (Å²) in [6.45, 7) is 6.03. The van der Waals surface area contributed by atoms with Gasteiger partial charge in [0, 0.05) is 16.2 Å². The first-order chi connectivity index (χ1) is 11.2. The van der Waals surface area contributed by atoms with Crippen molar-refractivity contribution in [3.63, 3.8) is 0 Å². The van der Waals surface area contributed by atoms with E-state index in [1.54, 1.807) is 18.7 Å². The summed E-state index contributed by atoms with van der Waals surface area (Å²) in [7, 11) is 0. The maximum Gasteiger partial charge on any atom is 0.334 e. The van der Waals surface area contributed by atoms with Gasteiger partial charge in [0.25, 0.3) is 0 Å². The molecular formula is C20H18O2S. The highest BCUT2D eigenvalue weighted by Gasteiger charge is 2.12. The Hall–Kier alpha value is -2.26. The van der Waals surface area contributed by atoms with Gasteiger partial charge in [-0.25, -0.2) is 4.79 Å². The Kier molecular flexibility index (Phi) is 4.68. The number of hydrogen-bond acceptors (Lipinski definition) is 3. The lowest BCUT2D eigenvalue weighted by molar-refractivity contribution is -0.138. The number of carbonyl (C=O) groups is 1. The zero-order valence-corrected chi connectivity index (χ0v) is 13.9. The third kappa shape index (κ3) is 3.25. The van der Waals surface area contributed by atoms with Crippen LogP contribution >= 0.6 is 11.8 Å². The van der Waals surface area contributed by atoms with E-state index in [9.17, 15) is 4.79 Å². The van der Waals surface area contributed by atoms with Crippen LogP contribution in [0.15, 0.2) is 71.6 Å². The Morgan fingerprint density at radius 2 is 1.61 bits per heavy atom. The molecule has 0 spiro atoms. The maximum atomic E-state index is 11.8. The molecular weight excluding hydrogens is 304 g/mol. The van der Waals surface area contributed by atoms with Crippen LogP contribution in [0.25, 0.3) is 21.5 Å². The summed E-state index contributed by atoms with van der Waals surface area (Å²) in [6, 6.07) is 18.9. The molecule has 3 aromatic rings. The number of rotatable bonds is 5. The highest BCUT2D eigenvalue weighted by atomic mass is 32.2. The van der Waals surface area contributed by atoms with Gasteiger partial charge in [-0.3, -0.25) is 0 Å². The molecule has 0 aliphatic heterocycles. The van der Waals surface area contributed by atoms with Crippen molar-refractivity contribution in [3.8, 4) is 0 Å². The average molecular weight is 322 g/mol. The SMILES string of the molecule is C=C(CSc1c2ccccc2cc2ccccc12)C(=O)OCC. The summed E-state index contributed by atoms with van der Waals surface area (Å²) in [4.78, 5) is 12.9. The summed E-state index contributed by atoms with van der Waals surface area (Å²) in [5.74, 6) is 0.209. The van der Waals surface area contributed by atoms with E-state index >= 15 is 0 Å². The van der Waals surface area contributed by atoms with Crippen molar-refractivity contribution in [3.05, 3.63) is 66.7 Å². The first-order valence-corrected chi connectivity index (χ1v) is 8.57. The topological polar surface area (TPSA) is 26.3 Å². The molecule has 23 heavy (non-hydrogen) atoms. The van der Waals surface area contributed by atoms with Crippen molar-refractivity contribution < 1.29 is 9.53 Å². The molecule has 0 unspecified atom stereocenters. The van der Waals surface area contributed by atoms with E-state index in [1.165, 1.54) is 26.4 Å². The Morgan fingerprint density at radius 1 is 1.04 bits per heavy atom. The van der Waals surface area contributed by atoms with Crippen LogP contribution in [0.5, 0.6) is 0 Å². The van der Waals surface area contributed by atoms with E-state index in [2.05, 4.69) is 36.9 Å². The molecule has 0 aromatic heterocycles. The van der Waals surface area contributed by atoms with E-state index in [4.69, 9.17) is 4.74 Å². The summed E-state index contributed by atoms with van der Waals surface area (Å²) in [5.41, 5.74) is 0.494. The van der Waals surface area contributed by atoms with Crippen molar-refractivity contribution in [2.24, 2.45) is 0 Å². The summed E-state index contributed by atoms with van der Waals surface area (Å²) >= 11 is 1.64. The van der Waals surface area contributed by atoms with E-state index < -0.39 is 0 Å². The number of ether oxygens (including phenoxy) is 1. The molecule has 0 aliphatic rings. The molecule has 0 fully saturated rings. The smallest absolute Gasteiger partial charge is 0.334 e. The Balaban J connectivity index is 2.00. The fourth-order valence-corrected chi connectivity index (χ4v) is 3.70. The monoisotopic (exact) mass is 322 g/mol. The number of esters is 1. The van der Waals surface area contributed by atoms with Crippen molar-refractivity contribution in [1.82, 2.24) is 0 Å². The molecule has 3 heteroatoms. The highest BCUT2D eigenvalue weighted by Crippen LogP contribution is 2.36. The summed E-state index contributed by atoms with van der Waals surface area (Å²) in [6.07, 6.45) is 0. The second kappa shape index (κ2) is 6.88. The molecule has 0 atom stereocenters. The van der Waals surface area contributed by atoms with Gasteiger partial charge in [-0.15, -0.1) is 11.8 Å². The Labute approximate surface area is 140 Å². The third-order valence-corrected chi connectivity index (χ3v) is 4.90. The number of thioether (sulfide) groups is 1. The summed E-state index contributed by atoms with van der Waals surface area (Å²) < 4.78 is 5.02. The van der Waals surface area contributed by atoms with Gasteiger partial charge in [-0.1, -0.05) is 55.1 Å². The van der Waals surface area contributed by atoms with Crippen LogP contribution in [-0.2, 0) is 9.53 Å². The van der Waals surface area contributed by atoms with Gasteiger partial charge in [0.05, 0.1) is 6.61 Å². The van der Waals surface area contributed by atoms with Crippen molar-refractivity contribution in [2.75, 3.05) is 12.4 Å². The van der Waals surface area contributed by atoms with Crippen LogP contribution in [0.3, 0.4) is 0 Å². The number of carbonyl (C=O) groups excluding carboxylic acids is 1. The molecule has 0 aliphatic carbocycles. The predicted molar refractivity (Wildman–Crippen MR) is 98.0 cm³/mol. The quantitative estimate of drug-likeness (QED) is 0.279. The minimum Gasteiger partial charge on any atom is -0.463 e. The van der Waals surface area contributed by atoms with Gasteiger partial charge in [0.15, 0.2) is 0 Å². The van der Waals surface area contributed by atoms with Gasteiger partial charge in [-0.05, 0) is 34.5 Å². The number of fused-ring (bicyclic) bond motifs is 2. The van der Waals surface area contributed by atoms with E-state index in [0.29, 0.717) is 17.9 Å². The molecule has 0 N–H and O–H groups in total. The Bertz CT molecular complexity index is 829. The van der Waals surface area contributed by atoms with Crippen LogP contribution in [0.4, 0.5) is 0 Å². The standard InChI is InChI=1S/C20H18O2S/c1-3-22-20(21)14(2)13-23-19-17-10-6-4-8-15(17)12-16-9-5-7-11-18(16)19/h4-12H,2-3,13H2,1H3. The lowest BCUT2D eigenvalue weighted by atomic mass is 10.0. The zero-order valence-electron chi connectivity index (χ0n) is 13.0. The molecule has 0 bridgehead atoms. The maximum absolute atomic E-state index is 11.8. The first-order valence-electron chi connectivity index (χ1n) is 7.59. The van der Waals surface area contributed by atoms with Crippen LogP contribution in [0, 0.1) is 0 Å². The molecule has 0 amide bonds. The zero-order chi connectivity index (χ0) is 16.2. The van der Waals surface area contributed by atoms with Crippen molar-refractivity contribution in [1.29, 1.82) is 0 Å². The van der Waals surface area contributed by atoms with E-state index in [0.717, 1.165) is 0 Å². The fraction of sp³-hybridized carbons (Fsp3) is 0.150. The van der Waals surface area contributed by atoms with Crippen LogP contribution < -0.4 is 0 Å². The average Bonchev–Trinajstić information content (AvgIpc) is 2.58. The number of hydrogen-bond donors (Lipinski definition) is 0. The van der Waals surface area contributed by atoms with E-state index in [1.807, 2.05) is 24.3 Å². The molecule has 0 heterocycles. The van der Waals surface area contributed by atoms with Gasteiger partial charge in [-0.2, -0.15) is 0 Å². The lowest BCUT2D eigenvalue weighted by Crippen LogP contribution is -2.08. The molecule has 0 saturated carbocycles. The van der Waals surface area contributed by atoms with Crippen molar-refractivity contribution >= 4 is 39.3 Å². The van der Waals surface area contributed by atoms with Gasteiger partial charge in [0.1, 0.15) is 0 Å². The molecule has 2 nitrogen and oxygen atoms in total. The normalized spacial score (nSPS) is 10.8. The molecule has 3 rings (SSSR count). The predicted octanol–water partition coefficient (Wildman–Crippen LogP) is 5.20. The fourth-order valence-electron chi connectivity index (χ4n) is 2.58. The van der Waals surface area contributed by atoms with Crippen LogP contribution in [0.1, 0.15) is 6.92 Å². The minimum absolute atomic E-state index is 0.315. The lowest BCUT2D eigenvalue weighted by Gasteiger charge is -2.12. The van der Waals surface area contributed by atoms with Crippen molar-refractivity contribution in [2.45, 2.75) is 11.8 Å². The second-order valence-corrected chi connectivity index (χ2v) is 6.25. The molecule has 3 aromatic carbocycles. The largest absolute Gasteiger partial charge is 0.463 e. The highest BCUT2D eigenvalue weighted by molar-refractivity contribution is 8.00. The van der Waals surface area contributed by atoms with Gasteiger partial charge < -0.3 is 4.74 Å². The molecule has 116 valence electrons. The van der Waals surface area contributed by atoms with Crippen LogP contribution in [0.2, 0.25) is 0 Å². The first kappa shape index (κ1) is 15.6. The van der Waals surface area contributed by atoms with Crippen LogP contribution in [-0.4, -0.2) is 18.3 Å². The summed E-state index contributed by atoms with van der Waals surface area (Å²) in [5, 5.41) is 4.81. The van der Waals surface area contributed by atoms with E-state index in [-0.39, 0.29) is 5.97 Å². The third-order valence-electron chi connectivity index (χ3n) is 3.68. The second-order valence-electron chi connectivity index (χ2n) is 5.26. The Morgan fingerprint density at radius 3 is 2.17 bits per heavy atom. The number of benzene rings is 3. The molecule has 0 saturated heterocycles. The molecule has 0 radical (unpaired) electrons.